The number of aliphatic carboxylic acids is 1. The summed E-state index contributed by atoms with van der Waals surface area (Å²) >= 11 is 5.84. The Labute approximate surface area is 140 Å². The number of carboxylic acid groups (broad SMARTS) is 1. The topological polar surface area (TPSA) is 109 Å². The van der Waals surface area contributed by atoms with E-state index in [1.807, 2.05) is 0 Å². The molecule has 0 spiro atoms. The van der Waals surface area contributed by atoms with Crippen molar-refractivity contribution in [3.05, 3.63) is 28.8 Å². The van der Waals surface area contributed by atoms with E-state index in [0.29, 0.717) is 0 Å². The van der Waals surface area contributed by atoms with Gasteiger partial charge in [0.05, 0.1) is 10.6 Å². The van der Waals surface area contributed by atoms with Gasteiger partial charge < -0.3 is 5.11 Å². The van der Waals surface area contributed by atoms with Crippen molar-refractivity contribution in [3.8, 4) is 0 Å². The number of hydrogen-bond acceptors (Lipinski definition) is 5. The van der Waals surface area contributed by atoms with E-state index in [0.717, 1.165) is 16.6 Å². The average molecular weight is 384 g/mol. The Kier molecular flexibility index (Phi) is 6.19. The summed E-state index contributed by atoms with van der Waals surface area (Å²) in [6, 6.07) is 3.21. The number of sulfone groups is 1. The van der Waals surface area contributed by atoms with Crippen LogP contribution in [0.25, 0.3) is 0 Å². The SMILES string of the molecule is CC(C)N(CC(=O)O)S(=O)(=O)c1cc(Cl)ccc1CS(C)(=O)=O. The Bertz CT molecular complexity index is 802. The fraction of sp³-hybridized carbons (Fsp3) is 0.462. The Balaban J connectivity index is 3.52. The summed E-state index contributed by atoms with van der Waals surface area (Å²) in [6.07, 6.45) is 0.982. The zero-order chi connectivity index (χ0) is 18.0. The normalized spacial score (nSPS) is 12.8. The maximum Gasteiger partial charge on any atom is 0.318 e. The third kappa shape index (κ3) is 5.45. The molecule has 0 amide bonds. The van der Waals surface area contributed by atoms with Gasteiger partial charge in [0.15, 0.2) is 9.84 Å². The molecule has 0 aliphatic rings. The number of rotatable bonds is 7. The van der Waals surface area contributed by atoms with Crippen LogP contribution in [-0.4, -0.2) is 51.1 Å². The van der Waals surface area contributed by atoms with E-state index >= 15 is 0 Å². The summed E-state index contributed by atoms with van der Waals surface area (Å²) in [4.78, 5) is 10.6. The lowest BCUT2D eigenvalue weighted by Gasteiger charge is -2.25. The number of carboxylic acids is 1. The van der Waals surface area contributed by atoms with Gasteiger partial charge in [0.25, 0.3) is 0 Å². The third-order valence-electron chi connectivity index (χ3n) is 2.90. The number of halogens is 1. The maximum absolute atomic E-state index is 12.8. The summed E-state index contributed by atoms with van der Waals surface area (Å²) in [7, 11) is -7.70. The molecule has 0 radical (unpaired) electrons. The van der Waals surface area contributed by atoms with Gasteiger partial charge in [0, 0.05) is 17.3 Å². The van der Waals surface area contributed by atoms with Crippen molar-refractivity contribution in [3.63, 3.8) is 0 Å². The summed E-state index contributed by atoms with van der Waals surface area (Å²) < 4.78 is 49.4. The Hall–Kier alpha value is -1.16. The van der Waals surface area contributed by atoms with Crippen LogP contribution in [0.3, 0.4) is 0 Å². The van der Waals surface area contributed by atoms with E-state index < -0.39 is 44.2 Å². The van der Waals surface area contributed by atoms with E-state index in [9.17, 15) is 21.6 Å². The summed E-state index contributed by atoms with van der Waals surface area (Å²) in [5.74, 6) is -1.80. The molecule has 10 heteroatoms. The molecule has 0 atom stereocenters. The van der Waals surface area contributed by atoms with Crippen molar-refractivity contribution in [1.82, 2.24) is 4.31 Å². The van der Waals surface area contributed by atoms with Crippen LogP contribution >= 0.6 is 11.6 Å². The fourth-order valence-electron chi connectivity index (χ4n) is 1.97. The van der Waals surface area contributed by atoms with Crippen molar-refractivity contribution in [2.24, 2.45) is 0 Å². The van der Waals surface area contributed by atoms with E-state index in [1.165, 1.54) is 26.0 Å². The quantitative estimate of drug-likeness (QED) is 0.761. The van der Waals surface area contributed by atoms with Crippen LogP contribution in [0.5, 0.6) is 0 Å². The second-order valence-electron chi connectivity index (χ2n) is 5.36. The molecule has 0 bridgehead atoms. The summed E-state index contributed by atoms with van der Waals surface area (Å²) in [6.45, 7) is 2.33. The second kappa shape index (κ2) is 7.16. The minimum absolute atomic E-state index is 0.0490. The van der Waals surface area contributed by atoms with E-state index in [2.05, 4.69) is 0 Å². The fourth-order valence-corrected chi connectivity index (χ4v) is 4.96. The predicted octanol–water partition coefficient (Wildman–Crippen LogP) is 1.37. The molecule has 0 saturated heterocycles. The highest BCUT2D eigenvalue weighted by Crippen LogP contribution is 2.26. The van der Waals surface area contributed by atoms with Gasteiger partial charge in [-0.15, -0.1) is 0 Å². The zero-order valence-electron chi connectivity index (χ0n) is 12.9. The zero-order valence-corrected chi connectivity index (χ0v) is 15.2. The van der Waals surface area contributed by atoms with Gasteiger partial charge >= 0.3 is 5.97 Å². The highest BCUT2D eigenvalue weighted by atomic mass is 35.5. The van der Waals surface area contributed by atoms with Crippen LogP contribution in [0.4, 0.5) is 0 Å². The maximum atomic E-state index is 12.8. The smallest absolute Gasteiger partial charge is 0.318 e. The largest absolute Gasteiger partial charge is 0.480 e. The average Bonchev–Trinajstić information content (AvgIpc) is 2.35. The van der Waals surface area contributed by atoms with E-state index in [4.69, 9.17) is 16.7 Å². The molecule has 0 saturated carbocycles. The monoisotopic (exact) mass is 383 g/mol. The molecular formula is C13H18ClNO6S2. The molecule has 0 aromatic heterocycles. The van der Waals surface area contributed by atoms with Crippen LogP contribution in [0.1, 0.15) is 19.4 Å². The molecule has 0 fully saturated rings. The molecule has 7 nitrogen and oxygen atoms in total. The lowest BCUT2D eigenvalue weighted by atomic mass is 10.2. The molecule has 0 unspecified atom stereocenters. The van der Waals surface area contributed by atoms with Crippen molar-refractivity contribution in [2.75, 3.05) is 12.8 Å². The standard InChI is InChI=1S/C13H18ClNO6S2/c1-9(2)15(7-13(16)17)23(20,21)12-6-11(14)5-4-10(12)8-22(3,18)19/h4-6,9H,7-8H2,1-3H3,(H,16,17). The Morgan fingerprint density at radius 1 is 1.26 bits per heavy atom. The first kappa shape index (κ1) is 19.9. The van der Waals surface area contributed by atoms with Gasteiger partial charge in [-0.2, -0.15) is 4.31 Å². The van der Waals surface area contributed by atoms with Crippen molar-refractivity contribution < 1.29 is 26.7 Å². The number of nitrogens with zero attached hydrogens (tertiary/aromatic N) is 1. The van der Waals surface area contributed by atoms with Crippen molar-refractivity contribution in [1.29, 1.82) is 0 Å². The number of hydrogen-bond donors (Lipinski definition) is 1. The van der Waals surface area contributed by atoms with Crippen LogP contribution in [-0.2, 0) is 30.4 Å². The van der Waals surface area contributed by atoms with Gasteiger partial charge in [0.2, 0.25) is 10.0 Å². The molecule has 1 aromatic carbocycles. The van der Waals surface area contributed by atoms with Gasteiger partial charge in [-0.1, -0.05) is 17.7 Å². The second-order valence-corrected chi connectivity index (χ2v) is 9.80. The van der Waals surface area contributed by atoms with E-state index in [-0.39, 0.29) is 15.5 Å². The first-order valence-electron chi connectivity index (χ1n) is 6.54. The molecule has 0 aliphatic heterocycles. The molecule has 0 heterocycles. The number of carbonyl (C=O) groups is 1. The van der Waals surface area contributed by atoms with Crippen LogP contribution in [0.2, 0.25) is 5.02 Å². The van der Waals surface area contributed by atoms with Crippen LogP contribution in [0.15, 0.2) is 23.1 Å². The molecule has 0 aliphatic carbocycles. The van der Waals surface area contributed by atoms with Gasteiger partial charge in [-0.05, 0) is 31.5 Å². The highest BCUT2D eigenvalue weighted by molar-refractivity contribution is 7.90. The molecule has 1 N–H and O–H groups in total. The minimum atomic E-state index is -4.22. The van der Waals surface area contributed by atoms with Gasteiger partial charge in [-0.3, -0.25) is 4.79 Å². The summed E-state index contributed by atoms with van der Waals surface area (Å²) in [5, 5.41) is 9.04. The van der Waals surface area contributed by atoms with Crippen molar-refractivity contribution in [2.45, 2.75) is 30.5 Å². The first-order chi connectivity index (χ1) is 10.3. The highest BCUT2D eigenvalue weighted by Gasteiger charge is 2.31. The lowest BCUT2D eigenvalue weighted by molar-refractivity contribution is -0.137. The van der Waals surface area contributed by atoms with Gasteiger partial charge in [0.1, 0.15) is 6.54 Å². The van der Waals surface area contributed by atoms with Crippen molar-refractivity contribution >= 4 is 37.4 Å². The number of benzene rings is 1. The Morgan fingerprint density at radius 3 is 2.26 bits per heavy atom. The van der Waals surface area contributed by atoms with Gasteiger partial charge in [-0.25, -0.2) is 16.8 Å². The minimum Gasteiger partial charge on any atom is -0.480 e. The predicted molar refractivity (Wildman–Crippen MR) is 86.7 cm³/mol. The molecule has 1 rings (SSSR count). The lowest BCUT2D eigenvalue weighted by Crippen LogP contribution is -2.41. The first-order valence-corrected chi connectivity index (χ1v) is 10.4. The molecule has 130 valence electrons. The Morgan fingerprint density at radius 2 is 1.83 bits per heavy atom. The third-order valence-corrected chi connectivity index (χ3v) is 6.08. The summed E-state index contributed by atoms with van der Waals surface area (Å²) in [5.41, 5.74) is 0.0490. The molecule has 1 aromatic rings. The molecular weight excluding hydrogens is 366 g/mol. The van der Waals surface area contributed by atoms with Crippen LogP contribution in [0, 0.1) is 0 Å². The van der Waals surface area contributed by atoms with Crippen LogP contribution < -0.4 is 0 Å². The number of sulfonamides is 1. The molecule has 23 heavy (non-hydrogen) atoms. The van der Waals surface area contributed by atoms with E-state index in [1.54, 1.807) is 0 Å².